The normalized spacial score (nSPS) is 19.8. The Morgan fingerprint density at radius 2 is 2.15 bits per heavy atom. The van der Waals surface area contributed by atoms with Crippen molar-refractivity contribution in [3.8, 4) is 0 Å². The Morgan fingerprint density at radius 1 is 1.40 bits per heavy atom. The van der Waals surface area contributed by atoms with Crippen LogP contribution in [0.5, 0.6) is 0 Å². The van der Waals surface area contributed by atoms with Crippen LogP contribution < -0.4 is 5.32 Å². The minimum absolute atomic E-state index is 0.118. The summed E-state index contributed by atoms with van der Waals surface area (Å²) in [7, 11) is 0. The first-order valence-electron chi connectivity index (χ1n) is 7.66. The molecule has 0 radical (unpaired) electrons. The molecular weight excluding hydrogens is 250 g/mol. The predicted molar refractivity (Wildman–Crippen MR) is 80.8 cm³/mol. The molecule has 1 aliphatic rings. The molecule has 0 saturated carbocycles. The van der Waals surface area contributed by atoms with Gasteiger partial charge in [0.1, 0.15) is 0 Å². The second-order valence-electron chi connectivity index (χ2n) is 5.64. The summed E-state index contributed by atoms with van der Waals surface area (Å²) in [5, 5.41) is 2.98. The highest BCUT2D eigenvalue weighted by Gasteiger charge is 2.17. The van der Waals surface area contributed by atoms with Gasteiger partial charge in [0.05, 0.1) is 6.10 Å². The minimum Gasteiger partial charge on any atom is -0.376 e. The molecule has 1 heterocycles. The predicted octanol–water partition coefficient (Wildman–Crippen LogP) is 3.04. The van der Waals surface area contributed by atoms with Crippen molar-refractivity contribution in [1.29, 1.82) is 0 Å². The number of hydrogen-bond donors (Lipinski definition) is 1. The summed E-state index contributed by atoms with van der Waals surface area (Å²) in [5.41, 5.74) is 2.57. The number of benzene rings is 1. The van der Waals surface area contributed by atoms with Gasteiger partial charge >= 0.3 is 0 Å². The van der Waals surface area contributed by atoms with Gasteiger partial charge in [0.25, 0.3) is 0 Å². The number of carbonyl (C=O) groups excluding carboxylic acids is 1. The Morgan fingerprint density at radius 3 is 2.75 bits per heavy atom. The van der Waals surface area contributed by atoms with E-state index in [0.717, 1.165) is 25.9 Å². The highest BCUT2D eigenvalue weighted by atomic mass is 16.5. The Labute approximate surface area is 121 Å². The van der Waals surface area contributed by atoms with Gasteiger partial charge in [-0.15, -0.1) is 0 Å². The summed E-state index contributed by atoms with van der Waals surface area (Å²) in [6.45, 7) is 5.74. The van der Waals surface area contributed by atoms with E-state index in [1.54, 1.807) is 0 Å². The first-order valence-corrected chi connectivity index (χ1v) is 7.66. The van der Waals surface area contributed by atoms with Crippen LogP contribution in [0.2, 0.25) is 0 Å². The average molecular weight is 275 g/mol. The fraction of sp³-hybridized carbons (Fsp3) is 0.588. The zero-order valence-electron chi connectivity index (χ0n) is 12.5. The van der Waals surface area contributed by atoms with Gasteiger partial charge in [-0.1, -0.05) is 38.1 Å². The molecule has 0 aliphatic carbocycles. The first kappa shape index (κ1) is 15.0. The highest BCUT2D eigenvalue weighted by Crippen LogP contribution is 2.19. The Bertz CT molecular complexity index is 421. The van der Waals surface area contributed by atoms with Crippen molar-refractivity contribution in [1.82, 2.24) is 5.32 Å². The molecule has 0 spiro atoms. The fourth-order valence-electron chi connectivity index (χ4n) is 2.58. The molecule has 2 rings (SSSR count). The molecule has 1 saturated heterocycles. The van der Waals surface area contributed by atoms with Gasteiger partial charge in [-0.3, -0.25) is 4.79 Å². The smallest absolute Gasteiger partial charge is 0.220 e. The summed E-state index contributed by atoms with van der Waals surface area (Å²) in [6.07, 6.45) is 3.99. The number of rotatable bonds is 6. The van der Waals surface area contributed by atoms with Crippen LogP contribution in [0, 0.1) is 0 Å². The molecule has 1 aliphatic heterocycles. The van der Waals surface area contributed by atoms with E-state index in [9.17, 15) is 4.79 Å². The quantitative estimate of drug-likeness (QED) is 0.866. The third kappa shape index (κ3) is 4.34. The van der Waals surface area contributed by atoms with Crippen molar-refractivity contribution in [3.63, 3.8) is 0 Å². The van der Waals surface area contributed by atoms with Crippen molar-refractivity contribution in [2.24, 2.45) is 0 Å². The lowest BCUT2D eigenvalue weighted by Gasteiger charge is -2.14. The number of carbonyl (C=O) groups is 1. The van der Waals surface area contributed by atoms with Crippen molar-refractivity contribution < 1.29 is 9.53 Å². The molecular formula is C17H25NO2. The summed E-state index contributed by atoms with van der Waals surface area (Å²) < 4.78 is 5.50. The summed E-state index contributed by atoms with van der Waals surface area (Å²) in [6, 6.07) is 8.57. The summed E-state index contributed by atoms with van der Waals surface area (Å²) >= 11 is 0. The standard InChI is InChI=1S/C17H25NO2/c1-3-14-6-8-15(9-7-14)13(2)11-17(19)18-12-16-5-4-10-20-16/h6-9,13,16H,3-5,10-12H2,1-2H3,(H,18,19). The topological polar surface area (TPSA) is 38.3 Å². The monoisotopic (exact) mass is 275 g/mol. The average Bonchev–Trinajstić information content (AvgIpc) is 2.98. The van der Waals surface area contributed by atoms with E-state index >= 15 is 0 Å². The third-order valence-electron chi connectivity index (χ3n) is 4.00. The van der Waals surface area contributed by atoms with Crippen molar-refractivity contribution in [2.45, 2.75) is 51.6 Å². The second-order valence-corrected chi connectivity index (χ2v) is 5.64. The SMILES string of the molecule is CCc1ccc(C(C)CC(=O)NCC2CCCO2)cc1. The van der Waals surface area contributed by atoms with Gasteiger partial charge in [-0.05, 0) is 36.3 Å². The van der Waals surface area contributed by atoms with Crippen molar-refractivity contribution in [3.05, 3.63) is 35.4 Å². The number of aryl methyl sites for hydroxylation is 1. The van der Waals surface area contributed by atoms with Gasteiger partial charge in [0.2, 0.25) is 5.91 Å². The lowest BCUT2D eigenvalue weighted by Crippen LogP contribution is -2.32. The molecule has 1 aromatic rings. The number of ether oxygens (including phenoxy) is 1. The molecule has 20 heavy (non-hydrogen) atoms. The van der Waals surface area contributed by atoms with Crippen LogP contribution in [-0.2, 0) is 16.0 Å². The summed E-state index contributed by atoms with van der Waals surface area (Å²) in [5.74, 6) is 0.373. The Balaban J connectivity index is 1.77. The largest absolute Gasteiger partial charge is 0.376 e. The second kappa shape index (κ2) is 7.44. The summed E-state index contributed by atoms with van der Waals surface area (Å²) in [4.78, 5) is 11.9. The van der Waals surface area contributed by atoms with Crippen LogP contribution in [0.4, 0.5) is 0 Å². The van der Waals surface area contributed by atoms with Crippen LogP contribution in [0.15, 0.2) is 24.3 Å². The fourth-order valence-corrected chi connectivity index (χ4v) is 2.58. The van der Waals surface area contributed by atoms with Crippen LogP contribution in [0.3, 0.4) is 0 Å². The van der Waals surface area contributed by atoms with Gasteiger partial charge in [0.15, 0.2) is 0 Å². The maximum Gasteiger partial charge on any atom is 0.220 e. The van der Waals surface area contributed by atoms with E-state index in [0.29, 0.717) is 13.0 Å². The molecule has 1 amide bonds. The zero-order chi connectivity index (χ0) is 14.4. The van der Waals surface area contributed by atoms with Crippen LogP contribution in [0.25, 0.3) is 0 Å². The van der Waals surface area contributed by atoms with Crippen molar-refractivity contribution in [2.75, 3.05) is 13.2 Å². The molecule has 1 N–H and O–H groups in total. The molecule has 1 fully saturated rings. The van der Waals surface area contributed by atoms with Crippen molar-refractivity contribution >= 4 is 5.91 Å². The molecule has 2 atom stereocenters. The lowest BCUT2D eigenvalue weighted by atomic mass is 9.96. The van der Waals surface area contributed by atoms with Crippen LogP contribution in [0.1, 0.15) is 50.2 Å². The van der Waals surface area contributed by atoms with E-state index in [2.05, 4.69) is 43.4 Å². The van der Waals surface area contributed by atoms with E-state index in [1.165, 1.54) is 11.1 Å². The number of amides is 1. The van der Waals surface area contributed by atoms with Crippen LogP contribution >= 0.6 is 0 Å². The van der Waals surface area contributed by atoms with Gasteiger partial charge in [-0.2, -0.15) is 0 Å². The van der Waals surface area contributed by atoms with Gasteiger partial charge < -0.3 is 10.1 Å². The highest BCUT2D eigenvalue weighted by molar-refractivity contribution is 5.76. The molecule has 110 valence electrons. The maximum atomic E-state index is 11.9. The number of nitrogens with one attached hydrogen (secondary N) is 1. The molecule has 1 aromatic carbocycles. The lowest BCUT2D eigenvalue weighted by molar-refractivity contribution is -0.121. The van der Waals surface area contributed by atoms with E-state index in [1.807, 2.05) is 0 Å². The molecule has 3 heteroatoms. The van der Waals surface area contributed by atoms with Gasteiger partial charge in [0, 0.05) is 19.6 Å². The van der Waals surface area contributed by atoms with E-state index in [4.69, 9.17) is 4.74 Å². The van der Waals surface area contributed by atoms with E-state index < -0.39 is 0 Å². The molecule has 0 bridgehead atoms. The van der Waals surface area contributed by atoms with Gasteiger partial charge in [-0.25, -0.2) is 0 Å². The van der Waals surface area contributed by atoms with Crippen LogP contribution in [-0.4, -0.2) is 25.2 Å². The van der Waals surface area contributed by atoms with E-state index in [-0.39, 0.29) is 17.9 Å². The zero-order valence-corrected chi connectivity index (χ0v) is 12.5. The Kier molecular flexibility index (Phi) is 5.60. The molecule has 3 nitrogen and oxygen atoms in total. The third-order valence-corrected chi connectivity index (χ3v) is 4.00. The molecule has 2 unspecified atom stereocenters. The number of hydrogen-bond acceptors (Lipinski definition) is 2. The minimum atomic E-state index is 0.118. The molecule has 0 aromatic heterocycles. The maximum absolute atomic E-state index is 11.9. The Hall–Kier alpha value is -1.35. The first-order chi connectivity index (χ1) is 9.69.